The number of aryl methyl sites for hydroxylation is 1. The van der Waals surface area contributed by atoms with Crippen molar-refractivity contribution in [1.82, 2.24) is 0 Å². The molecule has 0 bridgehead atoms. The van der Waals surface area contributed by atoms with Crippen molar-refractivity contribution >= 4 is 23.2 Å². The minimum atomic E-state index is -0.0521. The van der Waals surface area contributed by atoms with Crippen LogP contribution in [0.1, 0.15) is 29.5 Å². The van der Waals surface area contributed by atoms with Gasteiger partial charge in [-0.3, -0.25) is 0 Å². The second kappa shape index (κ2) is 6.00. The maximum absolute atomic E-state index is 6.37. The Morgan fingerprint density at radius 3 is 2.43 bits per heavy atom. The van der Waals surface area contributed by atoms with E-state index in [2.05, 4.69) is 24.3 Å². The molecule has 3 heteroatoms. The molecule has 2 N–H and O–H groups in total. The molecule has 0 spiro atoms. The van der Waals surface area contributed by atoms with Crippen LogP contribution in [-0.4, -0.2) is 6.54 Å². The fraction of sp³-hybridized carbons (Fsp3) is 0.333. The van der Waals surface area contributed by atoms with Gasteiger partial charge in [-0.25, -0.2) is 0 Å². The molecule has 21 heavy (non-hydrogen) atoms. The summed E-state index contributed by atoms with van der Waals surface area (Å²) in [5.41, 5.74) is 9.96. The lowest BCUT2D eigenvalue weighted by Crippen LogP contribution is -2.40. The second-order valence-electron chi connectivity index (χ2n) is 5.87. The highest BCUT2D eigenvalue weighted by molar-refractivity contribution is 6.36. The van der Waals surface area contributed by atoms with Crippen molar-refractivity contribution in [2.45, 2.75) is 31.1 Å². The Kier molecular flexibility index (Phi) is 4.26. The first-order valence-corrected chi connectivity index (χ1v) is 8.13. The summed E-state index contributed by atoms with van der Waals surface area (Å²) in [4.78, 5) is 0. The van der Waals surface area contributed by atoms with Crippen molar-refractivity contribution < 1.29 is 0 Å². The van der Waals surface area contributed by atoms with Gasteiger partial charge < -0.3 is 5.73 Å². The molecule has 0 saturated heterocycles. The molecule has 0 amide bonds. The molecule has 3 rings (SSSR count). The molecule has 0 heterocycles. The average Bonchev–Trinajstić information content (AvgIpc) is 2.51. The van der Waals surface area contributed by atoms with Gasteiger partial charge in [0.25, 0.3) is 0 Å². The monoisotopic (exact) mass is 319 g/mol. The SMILES string of the molecule is NCC1(Cc2c(Cl)cccc2Cl)CCCc2ccccc21. The molecule has 0 saturated carbocycles. The van der Waals surface area contributed by atoms with Crippen molar-refractivity contribution in [3.05, 3.63) is 69.2 Å². The largest absolute Gasteiger partial charge is 0.330 e. The summed E-state index contributed by atoms with van der Waals surface area (Å²) in [7, 11) is 0. The molecule has 1 unspecified atom stereocenters. The van der Waals surface area contributed by atoms with Crippen molar-refractivity contribution in [3.63, 3.8) is 0 Å². The highest BCUT2D eigenvalue weighted by Gasteiger charge is 2.36. The van der Waals surface area contributed by atoms with Crippen molar-refractivity contribution in [3.8, 4) is 0 Å². The van der Waals surface area contributed by atoms with Gasteiger partial charge in [-0.1, -0.05) is 53.5 Å². The summed E-state index contributed by atoms with van der Waals surface area (Å²) >= 11 is 12.7. The lowest BCUT2D eigenvalue weighted by atomic mass is 9.67. The molecular weight excluding hydrogens is 301 g/mol. The first-order chi connectivity index (χ1) is 10.2. The number of halogens is 2. The Bertz CT molecular complexity index is 633. The minimum absolute atomic E-state index is 0.0521. The summed E-state index contributed by atoms with van der Waals surface area (Å²) in [6.45, 7) is 0.617. The summed E-state index contributed by atoms with van der Waals surface area (Å²) in [5.74, 6) is 0. The van der Waals surface area contributed by atoms with Crippen LogP contribution < -0.4 is 5.73 Å². The van der Waals surface area contributed by atoms with E-state index in [9.17, 15) is 0 Å². The van der Waals surface area contributed by atoms with Crippen LogP contribution in [0.5, 0.6) is 0 Å². The Hall–Kier alpha value is -1.02. The number of benzene rings is 2. The smallest absolute Gasteiger partial charge is 0.0453 e. The van der Waals surface area contributed by atoms with E-state index < -0.39 is 0 Å². The van der Waals surface area contributed by atoms with Gasteiger partial charge in [-0.15, -0.1) is 0 Å². The molecule has 0 radical (unpaired) electrons. The van der Waals surface area contributed by atoms with E-state index in [4.69, 9.17) is 28.9 Å². The lowest BCUT2D eigenvalue weighted by molar-refractivity contribution is 0.366. The van der Waals surface area contributed by atoms with Crippen LogP contribution in [0.2, 0.25) is 10.0 Å². The van der Waals surface area contributed by atoms with E-state index in [0.29, 0.717) is 6.54 Å². The molecule has 1 aliphatic rings. The third-order valence-corrected chi connectivity index (χ3v) is 5.37. The van der Waals surface area contributed by atoms with Crippen molar-refractivity contribution in [2.24, 2.45) is 5.73 Å². The van der Waals surface area contributed by atoms with E-state index in [1.807, 2.05) is 18.2 Å². The highest BCUT2D eigenvalue weighted by atomic mass is 35.5. The standard InChI is InChI=1S/C18H19Cl2N/c19-16-8-3-9-17(20)14(16)11-18(12-21)10-4-6-13-5-1-2-7-15(13)18/h1-3,5,7-9H,4,6,10-12,21H2. The highest BCUT2D eigenvalue weighted by Crippen LogP contribution is 2.41. The zero-order chi connectivity index (χ0) is 14.9. The number of nitrogens with two attached hydrogens (primary N) is 1. The van der Waals surface area contributed by atoms with E-state index in [1.165, 1.54) is 11.1 Å². The topological polar surface area (TPSA) is 26.0 Å². The van der Waals surface area contributed by atoms with Gasteiger partial charge in [0.05, 0.1) is 0 Å². The molecule has 2 aromatic rings. The molecular formula is C18H19Cl2N. The first kappa shape index (κ1) is 14.9. The fourth-order valence-electron chi connectivity index (χ4n) is 3.51. The molecule has 110 valence electrons. The van der Waals surface area contributed by atoms with E-state index in [0.717, 1.165) is 41.3 Å². The molecule has 1 nitrogen and oxygen atoms in total. The predicted octanol–water partition coefficient (Wildman–Crippen LogP) is 4.77. The molecule has 0 aliphatic heterocycles. The maximum atomic E-state index is 6.37. The second-order valence-corrected chi connectivity index (χ2v) is 6.69. The van der Waals surface area contributed by atoms with Gasteiger partial charge >= 0.3 is 0 Å². The predicted molar refractivity (Wildman–Crippen MR) is 90.3 cm³/mol. The van der Waals surface area contributed by atoms with Gasteiger partial charge in [0.2, 0.25) is 0 Å². The Balaban J connectivity index is 2.07. The third-order valence-electron chi connectivity index (χ3n) is 4.66. The quantitative estimate of drug-likeness (QED) is 0.866. The number of hydrogen-bond acceptors (Lipinski definition) is 1. The van der Waals surface area contributed by atoms with Crippen molar-refractivity contribution in [1.29, 1.82) is 0 Å². The first-order valence-electron chi connectivity index (χ1n) is 7.38. The number of fused-ring (bicyclic) bond motifs is 1. The van der Waals surface area contributed by atoms with Gasteiger partial charge in [-0.2, -0.15) is 0 Å². The van der Waals surface area contributed by atoms with Crippen LogP contribution in [0, 0.1) is 0 Å². The van der Waals surface area contributed by atoms with Gasteiger partial charge in [0, 0.05) is 22.0 Å². The minimum Gasteiger partial charge on any atom is -0.330 e. The molecule has 1 atom stereocenters. The van der Waals surface area contributed by atoms with Gasteiger partial charge in [-0.05, 0) is 54.5 Å². The summed E-state index contributed by atoms with van der Waals surface area (Å²) < 4.78 is 0. The summed E-state index contributed by atoms with van der Waals surface area (Å²) in [6, 6.07) is 14.3. The maximum Gasteiger partial charge on any atom is 0.0453 e. The van der Waals surface area contributed by atoms with Crippen molar-refractivity contribution in [2.75, 3.05) is 6.54 Å². The molecule has 1 aliphatic carbocycles. The van der Waals surface area contributed by atoms with E-state index >= 15 is 0 Å². The van der Waals surface area contributed by atoms with E-state index in [1.54, 1.807) is 0 Å². The fourth-order valence-corrected chi connectivity index (χ4v) is 4.05. The average molecular weight is 320 g/mol. The Morgan fingerprint density at radius 1 is 1.00 bits per heavy atom. The van der Waals surface area contributed by atoms with Crippen LogP contribution in [0.4, 0.5) is 0 Å². The van der Waals surface area contributed by atoms with E-state index in [-0.39, 0.29) is 5.41 Å². The number of rotatable bonds is 3. The van der Waals surface area contributed by atoms with Gasteiger partial charge in [0.1, 0.15) is 0 Å². The lowest BCUT2D eigenvalue weighted by Gasteiger charge is -2.39. The Morgan fingerprint density at radius 2 is 1.71 bits per heavy atom. The normalized spacial score (nSPS) is 21.1. The molecule has 0 aromatic heterocycles. The van der Waals surface area contributed by atoms with Crippen LogP contribution in [0.15, 0.2) is 42.5 Å². The third kappa shape index (κ3) is 2.70. The van der Waals surface area contributed by atoms with Crippen LogP contribution in [-0.2, 0) is 18.3 Å². The Labute approximate surface area is 136 Å². The van der Waals surface area contributed by atoms with Crippen LogP contribution >= 0.6 is 23.2 Å². The summed E-state index contributed by atoms with van der Waals surface area (Å²) in [5, 5.41) is 1.47. The zero-order valence-electron chi connectivity index (χ0n) is 11.9. The zero-order valence-corrected chi connectivity index (χ0v) is 13.4. The molecule has 0 fully saturated rings. The van der Waals surface area contributed by atoms with Gasteiger partial charge in [0.15, 0.2) is 0 Å². The number of hydrogen-bond donors (Lipinski definition) is 1. The van der Waals surface area contributed by atoms with Crippen LogP contribution in [0.3, 0.4) is 0 Å². The summed E-state index contributed by atoms with van der Waals surface area (Å²) in [6.07, 6.45) is 4.19. The van der Waals surface area contributed by atoms with Crippen LogP contribution in [0.25, 0.3) is 0 Å². The molecule has 2 aromatic carbocycles.